The molecule has 0 fully saturated rings. The van der Waals surface area contributed by atoms with Gasteiger partial charge in [0.2, 0.25) is 0 Å². The molecule has 1 heterocycles. The molecule has 16 heavy (non-hydrogen) atoms. The van der Waals surface area contributed by atoms with Gasteiger partial charge in [0.1, 0.15) is 5.76 Å². The van der Waals surface area contributed by atoms with E-state index < -0.39 is 0 Å². The van der Waals surface area contributed by atoms with Crippen LogP contribution in [0, 0.1) is 5.92 Å². The molecule has 4 heteroatoms. The summed E-state index contributed by atoms with van der Waals surface area (Å²) in [7, 11) is 1.92. The first-order valence-corrected chi connectivity index (χ1v) is 6.42. The normalized spacial score (nSPS) is 15.4. The standard InChI is InChI=1S/C12H20BrNO2/c1-5-15-11(8(2)3)10(14-4)12-9(13)6-7-16-12/h6-8,10-11,14H,5H2,1-4H3. The van der Waals surface area contributed by atoms with Crippen LogP contribution in [0.15, 0.2) is 21.2 Å². The van der Waals surface area contributed by atoms with Gasteiger partial charge in [-0.05, 0) is 41.9 Å². The molecule has 0 saturated carbocycles. The van der Waals surface area contributed by atoms with Crippen LogP contribution in [0.4, 0.5) is 0 Å². The van der Waals surface area contributed by atoms with E-state index in [9.17, 15) is 0 Å². The first kappa shape index (κ1) is 13.7. The zero-order valence-electron chi connectivity index (χ0n) is 10.3. The molecule has 0 aliphatic carbocycles. The van der Waals surface area contributed by atoms with Gasteiger partial charge in [0.25, 0.3) is 0 Å². The smallest absolute Gasteiger partial charge is 0.137 e. The van der Waals surface area contributed by atoms with Crippen molar-refractivity contribution in [2.75, 3.05) is 13.7 Å². The Balaban J connectivity index is 2.90. The summed E-state index contributed by atoms with van der Waals surface area (Å²) in [6.45, 7) is 7.03. The van der Waals surface area contributed by atoms with Gasteiger partial charge in [-0.15, -0.1) is 0 Å². The highest BCUT2D eigenvalue weighted by Crippen LogP contribution is 2.30. The molecule has 0 spiro atoms. The van der Waals surface area contributed by atoms with Gasteiger partial charge in [0.15, 0.2) is 0 Å². The molecule has 0 bridgehead atoms. The van der Waals surface area contributed by atoms with Gasteiger partial charge in [0.05, 0.1) is 22.9 Å². The van der Waals surface area contributed by atoms with Crippen molar-refractivity contribution in [2.24, 2.45) is 5.92 Å². The van der Waals surface area contributed by atoms with Gasteiger partial charge in [-0.3, -0.25) is 0 Å². The molecule has 3 nitrogen and oxygen atoms in total. The Hall–Kier alpha value is -0.320. The fourth-order valence-electron chi connectivity index (χ4n) is 1.84. The monoisotopic (exact) mass is 289 g/mol. The Labute approximate surface area is 106 Å². The maximum Gasteiger partial charge on any atom is 0.137 e. The summed E-state index contributed by atoms with van der Waals surface area (Å²) >= 11 is 3.49. The number of halogens is 1. The topological polar surface area (TPSA) is 34.4 Å². The zero-order chi connectivity index (χ0) is 12.1. The van der Waals surface area contributed by atoms with Crippen molar-refractivity contribution < 1.29 is 9.15 Å². The van der Waals surface area contributed by atoms with Gasteiger partial charge < -0.3 is 14.5 Å². The van der Waals surface area contributed by atoms with E-state index in [1.807, 2.05) is 20.0 Å². The molecule has 1 rings (SSSR count). The Bertz CT molecular complexity index is 312. The van der Waals surface area contributed by atoms with E-state index in [-0.39, 0.29) is 12.1 Å². The summed E-state index contributed by atoms with van der Waals surface area (Å²) in [5.41, 5.74) is 0. The summed E-state index contributed by atoms with van der Waals surface area (Å²) < 4.78 is 12.3. The molecule has 2 unspecified atom stereocenters. The molecule has 1 aromatic rings. The van der Waals surface area contributed by atoms with Gasteiger partial charge >= 0.3 is 0 Å². The highest BCUT2D eigenvalue weighted by Gasteiger charge is 2.28. The minimum Gasteiger partial charge on any atom is -0.466 e. The first-order valence-electron chi connectivity index (χ1n) is 5.63. The van der Waals surface area contributed by atoms with Gasteiger partial charge in [-0.2, -0.15) is 0 Å². The minimum atomic E-state index is 0.0734. The van der Waals surface area contributed by atoms with Crippen molar-refractivity contribution in [1.29, 1.82) is 0 Å². The second-order valence-electron chi connectivity index (χ2n) is 4.06. The van der Waals surface area contributed by atoms with E-state index >= 15 is 0 Å². The van der Waals surface area contributed by atoms with Crippen LogP contribution < -0.4 is 5.32 Å². The number of rotatable bonds is 6. The number of hydrogen-bond acceptors (Lipinski definition) is 3. The number of ether oxygens (including phenoxy) is 1. The van der Waals surface area contributed by atoms with Crippen LogP contribution in [0.5, 0.6) is 0 Å². The SMILES string of the molecule is CCOC(C(C)C)C(NC)c1occc1Br. The molecule has 0 radical (unpaired) electrons. The molecular formula is C12H20BrNO2. The quantitative estimate of drug-likeness (QED) is 0.872. The summed E-state index contributed by atoms with van der Waals surface area (Å²) in [5.74, 6) is 1.32. The van der Waals surface area contributed by atoms with Crippen LogP contribution in [-0.4, -0.2) is 19.8 Å². The van der Waals surface area contributed by atoms with Crippen LogP contribution in [0.3, 0.4) is 0 Å². The Morgan fingerprint density at radius 3 is 2.56 bits per heavy atom. The van der Waals surface area contributed by atoms with E-state index in [2.05, 4.69) is 35.1 Å². The predicted octanol–water partition coefficient (Wildman–Crippen LogP) is 3.36. The maximum absolute atomic E-state index is 5.79. The highest BCUT2D eigenvalue weighted by molar-refractivity contribution is 9.10. The lowest BCUT2D eigenvalue weighted by atomic mass is 9.97. The second kappa shape index (κ2) is 6.42. The number of likely N-dealkylation sites (N-methyl/N-ethyl adjacent to an activating group) is 1. The van der Waals surface area contributed by atoms with Crippen molar-refractivity contribution >= 4 is 15.9 Å². The largest absolute Gasteiger partial charge is 0.466 e. The second-order valence-corrected chi connectivity index (χ2v) is 4.92. The molecule has 0 saturated heterocycles. The molecule has 1 aromatic heterocycles. The summed E-state index contributed by atoms with van der Waals surface area (Å²) in [5, 5.41) is 3.26. The van der Waals surface area contributed by atoms with E-state index in [0.717, 1.165) is 10.2 Å². The summed E-state index contributed by atoms with van der Waals surface area (Å²) in [6, 6.07) is 1.98. The number of nitrogens with one attached hydrogen (secondary N) is 1. The lowest BCUT2D eigenvalue weighted by Crippen LogP contribution is -2.35. The Morgan fingerprint density at radius 1 is 1.50 bits per heavy atom. The van der Waals surface area contributed by atoms with Gasteiger partial charge in [0, 0.05) is 6.61 Å². The molecule has 0 aliphatic heterocycles. The van der Waals surface area contributed by atoms with Crippen LogP contribution in [0.2, 0.25) is 0 Å². The lowest BCUT2D eigenvalue weighted by Gasteiger charge is -2.28. The van der Waals surface area contributed by atoms with Crippen molar-refractivity contribution in [2.45, 2.75) is 32.9 Å². The van der Waals surface area contributed by atoms with Gasteiger partial charge in [-0.1, -0.05) is 13.8 Å². The first-order chi connectivity index (χ1) is 7.61. The minimum absolute atomic E-state index is 0.0734. The fourth-order valence-corrected chi connectivity index (χ4v) is 2.29. The molecular weight excluding hydrogens is 270 g/mol. The van der Waals surface area contributed by atoms with Crippen molar-refractivity contribution in [3.8, 4) is 0 Å². The molecule has 0 amide bonds. The summed E-state index contributed by atoms with van der Waals surface area (Å²) in [6.07, 6.45) is 1.80. The van der Waals surface area contributed by atoms with E-state index in [4.69, 9.17) is 9.15 Å². The van der Waals surface area contributed by atoms with E-state index in [1.165, 1.54) is 0 Å². The Morgan fingerprint density at radius 2 is 2.19 bits per heavy atom. The van der Waals surface area contributed by atoms with Crippen LogP contribution in [0.25, 0.3) is 0 Å². The molecule has 1 N–H and O–H groups in total. The van der Waals surface area contributed by atoms with Crippen LogP contribution in [0.1, 0.15) is 32.6 Å². The molecule has 92 valence electrons. The molecule has 2 atom stereocenters. The van der Waals surface area contributed by atoms with Crippen molar-refractivity contribution in [1.82, 2.24) is 5.32 Å². The average Bonchev–Trinajstić information content (AvgIpc) is 2.65. The van der Waals surface area contributed by atoms with Crippen LogP contribution in [-0.2, 0) is 4.74 Å². The van der Waals surface area contributed by atoms with Crippen LogP contribution >= 0.6 is 15.9 Å². The number of hydrogen-bond donors (Lipinski definition) is 1. The maximum atomic E-state index is 5.79. The fraction of sp³-hybridized carbons (Fsp3) is 0.667. The lowest BCUT2D eigenvalue weighted by molar-refractivity contribution is -0.000571. The predicted molar refractivity (Wildman–Crippen MR) is 68.5 cm³/mol. The van der Waals surface area contributed by atoms with Crippen molar-refractivity contribution in [3.63, 3.8) is 0 Å². The number of furan rings is 1. The molecule has 0 aliphatic rings. The third-order valence-corrected chi connectivity index (χ3v) is 3.24. The van der Waals surface area contributed by atoms with Crippen molar-refractivity contribution in [3.05, 3.63) is 22.6 Å². The third kappa shape index (κ3) is 3.09. The van der Waals surface area contributed by atoms with E-state index in [1.54, 1.807) is 6.26 Å². The highest BCUT2D eigenvalue weighted by atomic mass is 79.9. The molecule has 0 aromatic carbocycles. The van der Waals surface area contributed by atoms with Gasteiger partial charge in [-0.25, -0.2) is 0 Å². The third-order valence-electron chi connectivity index (χ3n) is 2.58. The van der Waals surface area contributed by atoms with E-state index in [0.29, 0.717) is 12.5 Å². The zero-order valence-corrected chi connectivity index (χ0v) is 11.9. The average molecular weight is 290 g/mol. The summed E-state index contributed by atoms with van der Waals surface area (Å²) in [4.78, 5) is 0. The Kier molecular flexibility index (Phi) is 5.52.